The van der Waals surface area contributed by atoms with Crippen LogP contribution in [-0.2, 0) is 0 Å². The summed E-state index contributed by atoms with van der Waals surface area (Å²) in [4.78, 5) is 22.6. The van der Waals surface area contributed by atoms with Gasteiger partial charge in [-0.3, -0.25) is 9.89 Å². The molecule has 7 nitrogen and oxygen atoms in total. The molecule has 4 aromatic heterocycles. The molecule has 4 heterocycles. The molecule has 0 aliphatic heterocycles. The van der Waals surface area contributed by atoms with E-state index in [-0.39, 0.29) is 11.6 Å². The number of carbonyl (C=O) groups excluding carboxylic acids is 1. The predicted molar refractivity (Wildman–Crippen MR) is 112 cm³/mol. The lowest BCUT2D eigenvalue weighted by atomic mass is 10.1. The highest BCUT2D eigenvalue weighted by Gasteiger charge is 2.16. The second kappa shape index (κ2) is 6.99. The summed E-state index contributed by atoms with van der Waals surface area (Å²) >= 11 is 1.53. The summed E-state index contributed by atoms with van der Waals surface area (Å²) in [7, 11) is 0. The van der Waals surface area contributed by atoms with Gasteiger partial charge in [-0.25, -0.2) is 9.97 Å². The van der Waals surface area contributed by atoms with Crippen molar-refractivity contribution in [1.29, 1.82) is 0 Å². The lowest BCUT2D eigenvalue weighted by molar-refractivity contribution is 0.102. The van der Waals surface area contributed by atoms with Gasteiger partial charge in [0, 0.05) is 23.5 Å². The topological polar surface area (TPSA) is 96.7 Å². The molecule has 5 aromatic rings. The standard InChI is InChI=1S/C21H15N5O2S/c1-12-13(20-24-15-7-3-9-22-21(15)29-20)5-2-6-14(12)23-19(27)17-11-16(25-26-17)18-8-4-10-28-18/h2-11H,1H3,(H,23,27)(H,25,26). The van der Waals surface area contributed by atoms with Gasteiger partial charge in [0.25, 0.3) is 5.91 Å². The highest BCUT2D eigenvalue weighted by molar-refractivity contribution is 7.21. The summed E-state index contributed by atoms with van der Waals surface area (Å²) in [5.41, 5.74) is 4.40. The van der Waals surface area contributed by atoms with Crippen LogP contribution in [0.3, 0.4) is 0 Å². The number of furan rings is 1. The van der Waals surface area contributed by atoms with Crippen molar-refractivity contribution in [2.45, 2.75) is 6.92 Å². The van der Waals surface area contributed by atoms with Crippen molar-refractivity contribution in [3.05, 3.63) is 72.2 Å². The predicted octanol–water partition coefficient (Wildman–Crippen LogP) is 4.90. The van der Waals surface area contributed by atoms with Crippen molar-refractivity contribution in [2.75, 3.05) is 5.32 Å². The molecular weight excluding hydrogens is 386 g/mol. The number of amides is 1. The second-order valence-electron chi connectivity index (χ2n) is 6.42. The SMILES string of the molecule is Cc1c(NC(=O)c2cc(-c3ccco3)[nH]n2)cccc1-c1nc2cccnc2s1. The van der Waals surface area contributed by atoms with Gasteiger partial charge in [0.15, 0.2) is 11.5 Å². The molecule has 0 aliphatic carbocycles. The molecule has 0 unspecified atom stereocenters. The first kappa shape index (κ1) is 17.3. The van der Waals surface area contributed by atoms with Crippen molar-refractivity contribution in [3.8, 4) is 22.0 Å². The van der Waals surface area contributed by atoms with Crippen molar-refractivity contribution >= 4 is 33.3 Å². The lowest BCUT2D eigenvalue weighted by Gasteiger charge is -2.10. The maximum absolute atomic E-state index is 12.7. The van der Waals surface area contributed by atoms with Crippen LogP contribution in [-0.4, -0.2) is 26.1 Å². The van der Waals surface area contributed by atoms with E-state index in [9.17, 15) is 4.79 Å². The molecule has 0 spiro atoms. The Bertz CT molecular complexity index is 1290. The van der Waals surface area contributed by atoms with Gasteiger partial charge >= 0.3 is 0 Å². The van der Waals surface area contributed by atoms with E-state index in [2.05, 4.69) is 25.5 Å². The summed E-state index contributed by atoms with van der Waals surface area (Å²) in [5, 5.41) is 10.7. The number of nitrogens with zero attached hydrogens (tertiary/aromatic N) is 3. The average Bonchev–Trinajstić information content (AvgIpc) is 3.48. The van der Waals surface area contributed by atoms with Gasteiger partial charge in [-0.2, -0.15) is 5.10 Å². The van der Waals surface area contributed by atoms with Crippen LogP contribution in [0.1, 0.15) is 16.1 Å². The number of pyridine rings is 1. The number of benzene rings is 1. The molecule has 0 saturated heterocycles. The van der Waals surface area contributed by atoms with Crippen molar-refractivity contribution < 1.29 is 9.21 Å². The smallest absolute Gasteiger partial charge is 0.276 e. The highest BCUT2D eigenvalue weighted by atomic mass is 32.1. The molecular formula is C21H15N5O2S. The Kier molecular flexibility index (Phi) is 4.18. The maximum atomic E-state index is 12.7. The van der Waals surface area contributed by atoms with E-state index in [1.165, 1.54) is 11.3 Å². The fourth-order valence-electron chi connectivity index (χ4n) is 3.07. The number of aromatic amines is 1. The molecule has 1 aromatic carbocycles. The van der Waals surface area contributed by atoms with Gasteiger partial charge in [0.2, 0.25) is 0 Å². The zero-order chi connectivity index (χ0) is 19.8. The third kappa shape index (κ3) is 3.19. The Morgan fingerprint density at radius 3 is 2.93 bits per heavy atom. The number of fused-ring (bicyclic) bond motifs is 1. The highest BCUT2D eigenvalue weighted by Crippen LogP contribution is 2.33. The molecule has 0 bridgehead atoms. The van der Waals surface area contributed by atoms with E-state index in [0.29, 0.717) is 17.1 Å². The first-order valence-corrected chi connectivity index (χ1v) is 9.73. The van der Waals surface area contributed by atoms with E-state index >= 15 is 0 Å². The molecule has 0 aliphatic rings. The van der Waals surface area contributed by atoms with Crippen LogP contribution in [0, 0.1) is 6.92 Å². The normalized spacial score (nSPS) is 11.1. The van der Waals surface area contributed by atoms with E-state index in [4.69, 9.17) is 4.42 Å². The van der Waals surface area contributed by atoms with E-state index < -0.39 is 0 Å². The molecule has 0 radical (unpaired) electrons. The Labute approximate surface area is 169 Å². The van der Waals surface area contributed by atoms with Gasteiger partial charge in [-0.1, -0.05) is 23.5 Å². The van der Waals surface area contributed by atoms with Gasteiger partial charge in [0.05, 0.1) is 6.26 Å². The largest absolute Gasteiger partial charge is 0.463 e. The summed E-state index contributed by atoms with van der Waals surface area (Å²) < 4.78 is 5.33. The summed E-state index contributed by atoms with van der Waals surface area (Å²) in [6, 6.07) is 14.8. The van der Waals surface area contributed by atoms with Gasteiger partial charge in [-0.15, -0.1) is 0 Å². The van der Waals surface area contributed by atoms with Crippen molar-refractivity contribution in [1.82, 2.24) is 20.2 Å². The molecule has 0 fully saturated rings. The van der Waals surface area contributed by atoms with Crippen LogP contribution in [0.2, 0.25) is 0 Å². The lowest BCUT2D eigenvalue weighted by Crippen LogP contribution is -2.13. The number of rotatable bonds is 4. The Hall–Kier alpha value is -3.78. The van der Waals surface area contributed by atoms with Gasteiger partial charge < -0.3 is 9.73 Å². The number of anilines is 1. The molecule has 8 heteroatoms. The number of H-pyrrole nitrogens is 1. The maximum Gasteiger partial charge on any atom is 0.276 e. The monoisotopic (exact) mass is 401 g/mol. The number of hydrogen-bond donors (Lipinski definition) is 2. The first-order chi connectivity index (χ1) is 14.2. The molecule has 2 N–H and O–H groups in total. The number of carbonyl (C=O) groups is 1. The van der Waals surface area contributed by atoms with E-state index in [1.54, 1.807) is 30.7 Å². The Morgan fingerprint density at radius 1 is 1.17 bits per heavy atom. The number of hydrogen-bond acceptors (Lipinski definition) is 6. The molecule has 0 saturated carbocycles. The quantitative estimate of drug-likeness (QED) is 0.446. The minimum absolute atomic E-state index is 0.283. The molecule has 29 heavy (non-hydrogen) atoms. The Balaban J connectivity index is 1.43. The number of thiazole rings is 1. The van der Waals surface area contributed by atoms with Crippen LogP contribution in [0.15, 0.2) is 65.4 Å². The fourth-order valence-corrected chi connectivity index (χ4v) is 4.06. The minimum atomic E-state index is -0.301. The minimum Gasteiger partial charge on any atom is -0.463 e. The molecule has 0 atom stereocenters. The number of nitrogens with one attached hydrogen (secondary N) is 2. The third-order valence-corrected chi connectivity index (χ3v) is 5.59. The average molecular weight is 401 g/mol. The van der Waals surface area contributed by atoms with Crippen LogP contribution in [0.25, 0.3) is 32.4 Å². The second-order valence-corrected chi connectivity index (χ2v) is 7.40. The molecule has 1 amide bonds. The van der Waals surface area contributed by atoms with Gasteiger partial charge in [-0.05, 0) is 42.8 Å². The van der Waals surface area contributed by atoms with Crippen molar-refractivity contribution in [2.24, 2.45) is 0 Å². The number of aromatic nitrogens is 4. The van der Waals surface area contributed by atoms with E-state index in [1.807, 2.05) is 37.3 Å². The van der Waals surface area contributed by atoms with E-state index in [0.717, 1.165) is 26.5 Å². The summed E-state index contributed by atoms with van der Waals surface area (Å²) in [6.07, 6.45) is 3.33. The molecule has 5 rings (SSSR count). The van der Waals surface area contributed by atoms with Crippen LogP contribution in [0.5, 0.6) is 0 Å². The summed E-state index contributed by atoms with van der Waals surface area (Å²) in [5.74, 6) is 0.324. The summed E-state index contributed by atoms with van der Waals surface area (Å²) in [6.45, 7) is 1.96. The zero-order valence-corrected chi connectivity index (χ0v) is 16.2. The van der Waals surface area contributed by atoms with Crippen LogP contribution >= 0.6 is 11.3 Å². The molecule has 142 valence electrons. The van der Waals surface area contributed by atoms with Crippen LogP contribution < -0.4 is 5.32 Å². The first-order valence-electron chi connectivity index (χ1n) is 8.91. The third-order valence-electron chi connectivity index (χ3n) is 4.58. The van der Waals surface area contributed by atoms with Gasteiger partial charge in [0.1, 0.15) is 21.0 Å². The zero-order valence-electron chi connectivity index (χ0n) is 15.3. The Morgan fingerprint density at radius 2 is 2.10 bits per heavy atom. The van der Waals surface area contributed by atoms with Crippen molar-refractivity contribution in [3.63, 3.8) is 0 Å². The van der Waals surface area contributed by atoms with Crippen LogP contribution in [0.4, 0.5) is 5.69 Å². The fraction of sp³-hybridized carbons (Fsp3) is 0.0476.